The van der Waals surface area contributed by atoms with Gasteiger partial charge >= 0.3 is 0 Å². The molecular formula is C12H16Cl2N2O2. The van der Waals surface area contributed by atoms with E-state index in [-0.39, 0.29) is 0 Å². The van der Waals surface area contributed by atoms with E-state index < -0.39 is 11.4 Å². The van der Waals surface area contributed by atoms with E-state index in [1.165, 1.54) is 0 Å². The minimum atomic E-state index is -1.08. The predicted molar refractivity (Wildman–Crippen MR) is 72.9 cm³/mol. The number of primary amides is 1. The van der Waals surface area contributed by atoms with E-state index in [0.29, 0.717) is 28.8 Å². The Labute approximate surface area is 116 Å². The van der Waals surface area contributed by atoms with Crippen LogP contribution in [0.25, 0.3) is 0 Å². The quantitative estimate of drug-likeness (QED) is 0.787. The van der Waals surface area contributed by atoms with Gasteiger partial charge in [-0.15, -0.1) is 0 Å². The van der Waals surface area contributed by atoms with Gasteiger partial charge in [-0.1, -0.05) is 23.2 Å². The molecule has 0 bridgehead atoms. The number of carbonyl (C=O) groups excluding carboxylic acids is 1. The fourth-order valence-corrected chi connectivity index (χ4v) is 2.08. The fraction of sp³-hybridized carbons (Fsp3) is 0.417. The Kier molecular flexibility index (Phi) is 5.41. The number of carbonyl (C=O) groups is 1. The Balaban J connectivity index is 3.10. The molecule has 1 rings (SSSR count). The van der Waals surface area contributed by atoms with Crippen LogP contribution in [-0.4, -0.2) is 26.2 Å². The molecule has 0 aliphatic rings. The first-order chi connectivity index (χ1) is 8.41. The van der Waals surface area contributed by atoms with E-state index >= 15 is 0 Å². The van der Waals surface area contributed by atoms with Crippen molar-refractivity contribution in [1.29, 1.82) is 0 Å². The molecule has 0 radical (unpaired) electrons. The normalized spacial score (nSPS) is 14.2. The summed E-state index contributed by atoms with van der Waals surface area (Å²) in [6, 6.07) is 4.93. The maximum absolute atomic E-state index is 11.7. The zero-order valence-corrected chi connectivity index (χ0v) is 11.8. The fourth-order valence-electron chi connectivity index (χ4n) is 1.60. The van der Waals surface area contributed by atoms with E-state index in [1.54, 1.807) is 32.2 Å². The maximum Gasteiger partial charge on any atom is 0.242 e. The van der Waals surface area contributed by atoms with Crippen molar-refractivity contribution in [1.82, 2.24) is 5.32 Å². The number of rotatable bonds is 6. The van der Waals surface area contributed by atoms with Gasteiger partial charge in [0.1, 0.15) is 5.54 Å². The molecule has 100 valence electrons. The lowest BCUT2D eigenvalue weighted by atomic mass is 9.91. The molecule has 18 heavy (non-hydrogen) atoms. The van der Waals surface area contributed by atoms with Crippen molar-refractivity contribution in [3.05, 3.63) is 33.8 Å². The first-order valence-electron chi connectivity index (χ1n) is 5.41. The zero-order chi connectivity index (χ0) is 13.8. The lowest BCUT2D eigenvalue weighted by Crippen LogP contribution is -2.51. The molecule has 1 atom stereocenters. The van der Waals surface area contributed by atoms with E-state index in [0.717, 1.165) is 0 Å². The summed E-state index contributed by atoms with van der Waals surface area (Å²) in [5, 5.41) is 3.97. The molecule has 0 aliphatic carbocycles. The third-order valence-electron chi connectivity index (χ3n) is 2.74. The van der Waals surface area contributed by atoms with Crippen LogP contribution in [0.1, 0.15) is 12.5 Å². The largest absolute Gasteiger partial charge is 0.383 e. The number of hydrogen-bond acceptors (Lipinski definition) is 3. The second-order valence-corrected chi connectivity index (χ2v) is 4.88. The Morgan fingerprint density at radius 3 is 2.72 bits per heavy atom. The smallest absolute Gasteiger partial charge is 0.242 e. The van der Waals surface area contributed by atoms with Gasteiger partial charge in [0.25, 0.3) is 0 Å². The molecule has 1 aromatic rings. The molecule has 1 aromatic carbocycles. The van der Waals surface area contributed by atoms with Gasteiger partial charge in [0.05, 0.1) is 6.61 Å². The van der Waals surface area contributed by atoms with Crippen molar-refractivity contribution in [2.75, 3.05) is 20.3 Å². The minimum Gasteiger partial charge on any atom is -0.383 e. The van der Waals surface area contributed by atoms with Gasteiger partial charge in [0.15, 0.2) is 0 Å². The molecule has 0 fully saturated rings. The van der Waals surface area contributed by atoms with Crippen LogP contribution in [0, 0.1) is 0 Å². The van der Waals surface area contributed by atoms with Gasteiger partial charge in [-0.25, -0.2) is 0 Å². The van der Waals surface area contributed by atoms with Crippen molar-refractivity contribution in [2.24, 2.45) is 5.73 Å². The van der Waals surface area contributed by atoms with Gasteiger partial charge in [0, 0.05) is 29.3 Å². The highest BCUT2D eigenvalue weighted by atomic mass is 35.5. The number of nitrogens with two attached hydrogens (primary N) is 1. The van der Waals surface area contributed by atoms with Gasteiger partial charge in [0.2, 0.25) is 5.91 Å². The Morgan fingerprint density at radius 2 is 2.17 bits per heavy atom. The first kappa shape index (κ1) is 15.2. The van der Waals surface area contributed by atoms with E-state index in [1.807, 2.05) is 0 Å². The molecular weight excluding hydrogens is 275 g/mol. The summed E-state index contributed by atoms with van der Waals surface area (Å²) < 4.78 is 4.93. The van der Waals surface area contributed by atoms with E-state index in [9.17, 15) is 4.79 Å². The van der Waals surface area contributed by atoms with Gasteiger partial charge in [-0.05, 0) is 25.1 Å². The molecule has 3 N–H and O–H groups in total. The van der Waals surface area contributed by atoms with Crippen molar-refractivity contribution in [3.8, 4) is 0 Å². The van der Waals surface area contributed by atoms with Crippen molar-refractivity contribution in [2.45, 2.75) is 12.5 Å². The van der Waals surface area contributed by atoms with Crippen LogP contribution in [0.2, 0.25) is 10.0 Å². The summed E-state index contributed by atoms with van der Waals surface area (Å²) in [4.78, 5) is 11.7. The number of amides is 1. The highest BCUT2D eigenvalue weighted by Gasteiger charge is 2.34. The average molecular weight is 291 g/mol. The topological polar surface area (TPSA) is 64.3 Å². The maximum atomic E-state index is 11.7. The molecule has 0 aromatic heterocycles. The number of ether oxygens (including phenoxy) is 1. The highest BCUT2D eigenvalue weighted by molar-refractivity contribution is 6.34. The number of methoxy groups -OCH3 is 1. The molecule has 0 heterocycles. The SMILES string of the molecule is COCCNC(C)(C(N)=O)c1cc(Cl)ccc1Cl. The first-order valence-corrected chi connectivity index (χ1v) is 6.17. The second-order valence-electron chi connectivity index (χ2n) is 4.03. The van der Waals surface area contributed by atoms with Crippen LogP contribution in [0.4, 0.5) is 0 Å². The molecule has 0 aliphatic heterocycles. The Morgan fingerprint density at radius 1 is 1.50 bits per heavy atom. The third kappa shape index (κ3) is 3.36. The molecule has 0 saturated heterocycles. The summed E-state index contributed by atoms with van der Waals surface area (Å²) in [5.41, 5.74) is 4.93. The van der Waals surface area contributed by atoms with Gasteiger partial charge < -0.3 is 10.5 Å². The molecule has 4 nitrogen and oxygen atoms in total. The van der Waals surface area contributed by atoms with Crippen molar-refractivity contribution >= 4 is 29.1 Å². The van der Waals surface area contributed by atoms with Crippen molar-refractivity contribution < 1.29 is 9.53 Å². The van der Waals surface area contributed by atoms with Gasteiger partial charge in [-0.2, -0.15) is 0 Å². The summed E-state index contributed by atoms with van der Waals surface area (Å²) in [6.45, 7) is 2.60. The monoisotopic (exact) mass is 290 g/mol. The minimum absolute atomic E-state index is 0.436. The summed E-state index contributed by atoms with van der Waals surface area (Å²) in [5.74, 6) is -0.525. The van der Waals surface area contributed by atoms with E-state index in [2.05, 4.69) is 5.32 Å². The lowest BCUT2D eigenvalue weighted by molar-refractivity contribution is -0.124. The Hall–Kier alpha value is -0.810. The second kappa shape index (κ2) is 6.38. The molecule has 1 unspecified atom stereocenters. The van der Waals surface area contributed by atoms with Crippen LogP contribution >= 0.6 is 23.2 Å². The highest BCUT2D eigenvalue weighted by Crippen LogP contribution is 2.30. The van der Waals surface area contributed by atoms with Gasteiger partial charge in [-0.3, -0.25) is 10.1 Å². The van der Waals surface area contributed by atoms with Crippen molar-refractivity contribution in [3.63, 3.8) is 0 Å². The standard InChI is InChI=1S/C12H16Cl2N2O2/c1-12(11(15)17,16-5-6-18-2)9-7-8(13)3-4-10(9)14/h3-4,7,16H,5-6H2,1-2H3,(H2,15,17). The number of halogens is 2. The average Bonchev–Trinajstić information content (AvgIpc) is 2.32. The number of benzene rings is 1. The van der Waals surface area contributed by atoms with E-state index in [4.69, 9.17) is 33.7 Å². The number of nitrogens with one attached hydrogen (secondary N) is 1. The molecule has 6 heteroatoms. The molecule has 0 saturated carbocycles. The van der Waals surface area contributed by atoms with Crippen LogP contribution in [0.5, 0.6) is 0 Å². The lowest BCUT2D eigenvalue weighted by Gasteiger charge is -2.29. The third-order valence-corrected chi connectivity index (χ3v) is 3.31. The predicted octanol–water partition coefficient (Wildman–Crippen LogP) is 1.93. The Bertz CT molecular complexity index is 440. The zero-order valence-electron chi connectivity index (χ0n) is 10.3. The molecule has 0 spiro atoms. The van der Waals surface area contributed by atoms with Crippen LogP contribution < -0.4 is 11.1 Å². The summed E-state index contributed by atoms with van der Waals surface area (Å²) in [7, 11) is 1.58. The summed E-state index contributed by atoms with van der Waals surface area (Å²) in [6.07, 6.45) is 0. The van der Waals surface area contributed by atoms with Crippen LogP contribution in [0.15, 0.2) is 18.2 Å². The van der Waals surface area contributed by atoms with Crippen LogP contribution in [-0.2, 0) is 15.1 Å². The van der Waals surface area contributed by atoms with Crippen LogP contribution in [0.3, 0.4) is 0 Å². The molecule has 1 amide bonds. The number of hydrogen-bond donors (Lipinski definition) is 2. The summed E-state index contributed by atoms with van der Waals surface area (Å²) >= 11 is 12.0.